The number of nitrogens with zero attached hydrogens (tertiary/aromatic N) is 1. The van der Waals surface area contributed by atoms with Crippen molar-refractivity contribution in [3.8, 4) is 0 Å². The molecule has 106 valence electrons. The third-order valence-electron chi connectivity index (χ3n) is 3.28. The van der Waals surface area contributed by atoms with Crippen LogP contribution in [0.1, 0.15) is 40.5 Å². The maximum atomic E-state index is 11.9. The van der Waals surface area contributed by atoms with Crippen LogP contribution in [0.3, 0.4) is 0 Å². The van der Waals surface area contributed by atoms with Crippen molar-refractivity contribution in [2.45, 2.75) is 40.5 Å². The van der Waals surface area contributed by atoms with Crippen LogP contribution in [-0.2, 0) is 4.79 Å². The highest BCUT2D eigenvalue weighted by Crippen LogP contribution is 2.06. The van der Waals surface area contributed by atoms with Gasteiger partial charge in [-0.25, -0.2) is 4.79 Å². The van der Waals surface area contributed by atoms with Crippen LogP contribution in [0, 0.1) is 11.8 Å². The van der Waals surface area contributed by atoms with E-state index in [4.69, 9.17) is 5.11 Å². The van der Waals surface area contributed by atoms with E-state index in [9.17, 15) is 9.59 Å². The Kier molecular flexibility index (Phi) is 8.16. The molecule has 0 aliphatic carbocycles. The summed E-state index contributed by atoms with van der Waals surface area (Å²) in [5, 5.41) is 11.7. The Balaban J connectivity index is 4.22. The van der Waals surface area contributed by atoms with Gasteiger partial charge in [-0.3, -0.25) is 4.79 Å². The molecule has 0 aliphatic rings. The molecule has 0 heterocycles. The lowest BCUT2D eigenvalue weighted by atomic mass is 10.0. The van der Waals surface area contributed by atoms with Gasteiger partial charge >= 0.3 is 12.0 Å². The molecule has 0 radical (unpaired) electrons. The zero-order valence-electron chi connectivity index (χ0n) is 11.9. The molecule has 0 aromatic carbocycles. The first-order chi connectivity index (χ1) is 8.46. The van der Waals surface area contributed by atoms with Crippen molar-refractivity contribution in [2.75, 3.05) is 19.6 Å². The number of carbonyl (C=O) groups excluding carboxylic acids is 1. The fourth-order valence-electron chi connectivity index (χ4n) is 1.69. The molecule has 0 aromatic rings. The average Bonchev–Trinajstić information content (AvgIpc) is 2.36. The molecule has 0 saturated carbocycles. The largest absolute Gasteiger partial charge is 0.481 e. The SMILES string of the molecule is CCC(CC)CNC(=O)N(CC)CC(C)C(=O)O. The van der Waals surface area contributed by atoms with Crippen LogP contribution >= 0.6 is 0 Å². The van der Waals surface area contributed by atoms with Gasteiger partial charge in [-0.1, -0.05) is 33.6 Å². The normalized spacial score (nSPS) is 12.3. The minimum atomic E-state index is -0.874. The van der Waals surface area contributed by atoms with Gasteiger partial charge in [0.2, 0.25) is 0 Å². The van der Waals surface area contributed by atoms with Crippen molar-refractivity contribution in [1.29, 1.82) is 0 Å². The molecule has 0 aliphatic heterocycles. The molecule has 18 heavy (non-hydrogen) atoms. The van der Waals surface area contributed by atoms with E-state index in [2.05, 4.69) is 19.2 Å². The lowest BCUT2D eigenvalue weighted by Crippen LogP contribution is -2.44. The number of hydrogen-bond donors (Lipinski definition) is 2. The zero-order chi connectivity index (χ0) is 14.1. The van der Waals surface area contributed by atoms with Crippen LogP contribution in [0.4, 0.5) is 4.79 Å². The number of carboxylic acids is 1. The molecule has 0 saturated heterocycles. The Labute approximate surface area is 110 Å². The van der Waals surface area contributed by atoms with Crippen LogP contribution in [0.25, 0.3) is 0 Å². The Morgan fingerprint density at radius 2 is 1.78 bits per heavy atom. The predicted molar refractivity (Wildman–Crippen MR) is 71.5 cm³/mol. The number of carboxylic acid groups (broad SMARTS) is 1. The first kappa shape index (κ1) is 16.7. The summed E-state index contributed by atoms with van der Waals surface area (Å²) in [6.45, 7) is 9.09. The fourth-order valence-corrected chi connectivity index (χ4v) is 1.69. The molecule has 0 spiro atoms. The number of aliphatic carboxylic acids is 1. The minimum Gasteiger partial charge on any atom is -0.481 e. The first-order valence-corrected chi connectivity index (χ1v) is 6.71. The van der Waals surface area contributed by atoms with Crippen molar-refractivity contribution in [3.63, 3.8) is 0 Å². The summed E-state index contributed by atoms with van der Waals surface area (Å²) in [6.07, 6.45) is 2.07. The molecule has 5 nitrogen and oxygen atoms in total. The molecular formula is C13H26N2O3. The second-order valence-electron chi connectivity index (χ2n) is 4.65. The number of urea groups is 1. The van der Waals surface area contributed by atoms with E-state index in [-0.39, 0.29) is 12.6 Å². The van der Waals surface area contributed by atoms with Crippen molar-refractivity contribution in [1.82, 2.24) is 10.2 Å². The number of hydrogen-bond acceptors (Lipinski definition) is 2. The van der Waals surface area contributed by atoms with Gasteiger partial charge in [0.1, 0.15) is 0 Å². The maximum Gasteiger partial charge on any atom is 0.317 e. The van der Waals surface area contributed by atoms with E-state index in [1.165, 1.54) is 0 Å². The Morgan fingerprint density at radius 1 is 1.22 bits per heavy atom. The third kappa shape index (κ3) is 5.89. The molecule has 0 aromatic heterocycles. The quantitative estimate of drug-likeness (QED) is 0.701. The molecule has 0 rings (SSSR count). The van der Waals surface area contributed by atoms with Crippen molar-refractivity contribution < 1.29 is 14.7 Å². The Hall–Kier alpha value is -1.26. The third-order valence-corrected chi connectivity index (χ3v) is 3.28. The molecular weight excluding hydrogens is 232 g/mol. The highest BCUT2D eigenvalue weighted by Gasteiger charge is 2.19. The second-order valence-corrected chi connectivity index (χ2v) is 4.65. The molecule has 0 bridgehead atoms. The van der Waals surface area contributed by atoms with Gasteiger partial charge in [0.15, 0.2) is 0 Å². The van der Waals surface area contributed by atoms with E-state index in [1.807, 2.05) is 6.92 Å². The van der Waals surface area contributed by atoms with Crippen molar-refractivity contribution >= 4 is 12.0 Å². The van der Waals surface area contributed by atoms with Gasteiger partial charge < -0.3 is 15.3 Å². The molecule has 2 amide bonds. The first-order valence-electron chi connectivity index (χ1n) is 6.71. The van der Waals surface area contributed by atoms with Crippen molar-refractivity contribution in [3.05, 3.63) is 0 Å². The van der Waals surface area contributed by atoms with Gasteiger partial charge in [0.25, 0.3) is 0 Å². The summed E-state index contributed by atoms with van der Waals surface area (Å²) >= 11 is 0. The van der Waals surface area contributed by atoms with Crippen LogP contribution in [-0.4, -0.2) is 41.6 Å². The smallest absolute Gasteiger partial charge is 0.317 e. The average molecular weight is 258 g/mol. The van der Waals surface area contributed by atoms with E-state index < -0.39 is 11.9 Å². The standard InChI is InChI=1S/C13H26N2O3/c1-5-11(6-2)8-14-13(18)15(7-3)9-10(4)12(16)17/h10-11H,5-9H2,1-4H3,(H,14,18)(H,16,17). The maximum absolute atomic E-state index is 11.9. The van der Waals surface area contributed by atoms with Crippen LogP contribution in [0.2, 0.25) is 0 Å². The lowest BCUT2D eigenvalue weighted by Gasteiger charge is -2.24. The van der Waals surface area contributed by atoms with Gasteiger partial charge in [0, 0.05) is 19.6 Å². The van der Waals surface area contributed by atoms with Gasteiger partial charge in [0.05, 0.1) is 5.92 Å². The zero-order valence-corrected chi connectivity index (χ0v) is 11.9. The van der Waals surface area contributed by atoms with Crippen molar-refractivity contribution in [2.24, 2.45) is 11.8 Å². The van der Waals surface area contributed by atoms with Gasteiger partial charge in [-0.05, 0) is 12.8 Å². The summed E-state index contributed by atoms with van der Waals surface area (Å²) < 4.78 is 0. The number of nitrogens with one attached hydrogen (secondary N) is 1. The summed E-state index contributed by atoms with van der Waals surface area (Å²) in [5.41, 5.74) is 0. The molecule has 1 atom stereocenters. The highest BCUT2D eigenvalue weighted by molar-refractivity contribution is 5.75. The lowest BCUT2D eigenvalue weighted by molar-refractivity contribution is -0.141. The molecule has 5 heteroatoms. The topological polar surface area (TPSA) is 69.6 Å². The van der Waals surface area contributed by atoms with Gasteiger partial charge in [-0.15, -0.1) is 0 Å². The number of amides is 2. The highest BCUT2D eigenvalue weighted by atomic mass is 16.4. The summed E-state index contributed by atoms with van der Waals surface area (Å²) in [4.78, 5) is 24.2. The van der Waals surface area contributed by atoms with E-state index in [0.717, 1.165) is 12.8 Å². The Morgan fingerprint density at radius 3 is 2.17 bits per heavy atom. The van der Waals surface area contributed by atoms with E-state index in [1.54, 1.807) is 11.8 Å². The molecule has 0 fully saturated rings. The molecule has 2 N–H and O–H groups in total. The summed E-state index contributed by atoms with van der Waals surface area (Å²) in [6, 6.07) is -0.169. The number of rotatable bonds is 8. The summed E-state index contributed by atoms with van der Waals surface area (Å²) in [5.74, 6) is -0.922. The van der Waals surface area contributed by atoms with Crippen LogP contribution < -0.4 is 5.32 Å². The minimum absolute atomic E-state index is 0.169. The number of carbonyl (C=O) groups is 2. The second kappa shape index (κ2) is 8.78. The summed E-state index contributed by atoms with van der Waals surface area (Å²) in [7, 11) is 0. The molecule has 1 unspecified atom stereocenters. The van der Waals surface area contributed by atoms with E-state index >= 15 is 0 Å². The fraction of sp³-hybridized carbons (Fsp3) is 0.846. The predicted octanol–water partition coefficient (Wildman–Crippen LogP) is 2.17. The van der Waals surface area contributed by atoms with Crippen LogP contribution in [0.15, 0.2) is 0 Å². The van der Waals surface area contributed by atoms with E-state index in [0.29, 0.717) is 19.0 Å². The van der Waals surface area contributed by atoms with Crippen LogP contribution in [0.5, 0.6) is 0 Å². The monoisotopic (exact) mass is 258 g/mol. The Bertz CT molecular complexity index is 265. The van der Waals surface area contributed by atoms with Gasteiger partial charge in [-0.2, -0.15) is 0 Å².